The first-order valence-electron chi connectivity index (χ1n) is 4.98. The molecule has 0 saturated carbocycles. The van der Waals surface area contributed by atoms with E-state index in [0.29, 0.717) is 6.04 Å². The molecule has 1 aromatic carbocycles. The van der Waals surface area contributed by atoms with Gasteiger partial charge in [-0.05, 0) is 18.6 Å². The van der Waals surface area contributed by atoms with Crippen LogP contribution in [0.15, 0.2) is 30.3 Å². The van der Waals surface area contributed by atoms with Gasteiger partial charge in [0.1, 0.15) is 0 Å². The van der Waals surface area contributed by atoms with Crippen LogP contribution in [0.1, 0.15) is 6.42 Å². The number of anilines is 1. The summed E-state index contributed by atoms with van der Waals surface area (Å²) >= 11 is 0. The zero-order valence-electron chi connectivity index (χ0n) is 7.81. The zero-order chi connectivity index (χ0) is 9.54. The number of benzene rings is 1. The summed E-state index contributed by atoms with van der Waals surface area (Å²) in [5.74, 6) is 0.229. The first kappa shape index (κ1) is 8.00. The van der Waals surface area contributed by atoms with Crippen molar-refractivity contribution in [2.45, 2.75) is 18.5 Å². The molecule has 72 valence electrons. The summed E-state index contributed by atoms with van der Waals surface area (Å²) in [6.45, 7) is 0.936. The van der Waals surface area contributed by atoms with Crippen LogP contribution in [0.2, 0.25) is 0 Å². The Morgan fingerprint density at radius 2 is 2.07 bits per heavy atom. The topological polar surface area (TPSA) is 32.3 Å². The Hall–Kier alpha value is -1.35. The first-order chi connectivity index (χ1) is 6.86. The number of amides is 1. The fourth-order valence-electron chi connectivity index (χ4n) is 2.38. The molecule has 0 radical (unpaired) electrons. The van der Waals surface area contributed by atoms with Crippen molar-refractivity contribution in [3.05, 3.63) is 30.3 Å². The van der Waals surface area contributed by atoms with Crippen molar-refractivity contribution in [1.29, 1.82) is 0 Å². The highest BCUT2D eigenvalue weighted by atomic mass is 16.2. The van der Waals surface area contributed by atoms with Gasteiger partial charge in [-0.2, -0.15) is 0 Å². The van der Waals surface area contributed by atoms with E-state index in [9.17, 15) is 4.79 Å². The van der Waals surface area contributed by atoms with Gasteiger partial charge in [0.05, 0.1) is 12.1 Å². The average molecular weight is 188 g/mol. The van der Waals surface area contributed by atoms with Crippen LogP contribution in [0, 0.1) is 0 Å². The molecule has 0 aliphatic carbocycles. The average Bonchev–Trinajstić information content (AvgIpc) is 2.79. The third kappa shape index (κ3) is 0.990. The second-order valence-corrected chi connectivity index (χ2v) is 3.89. The molecule has 2 saturated heterocycles. The maximum absolute atomic E-state index is 11.8. The van der Waals surface area contributed by atoms with E-state index in [-0.39, 0.29) is 11.9 Å². The van der Waals surface area contributed by atoms with Crippen LogP contribution in [0.5, 0.6) is 0 Å². The van der Waals surface area contributed by atoms with Gasteiger partial charge in [-0.25, -0.2) is 0 Å². The Labute approximate surface area is 82.7 Å². The highest BCUT2D eigenvalue weighted by Gasteiger charge is 2.44. The highest BCUT2D eigenvalue weighted by Crippen LogP contribution is 2.29. The van der Waals surface area contributed by atoms with Crippen molar-refractivity contribution in [3.8, 4) is 0 Å². The Morgan fingerprint density at radius 1 is 1.29 bits per heavy atom. The SMILES string of the molecule is O=C1C2CC(CN2)N1c1ccccc1. The summed E-state index contributed by atoms with van der Waals surface area (Å²) in [5.41, 5.74) is 1.03. The molecule has 2 aliphatic rings. The summed E-state index contributed by atoms with van der Waals surface area (Å²) < 4.78 is 0. The molecule has 2 heterocycles. The van der Waals surface area contributed by atoms with Gasteiger partial charge in [0, 0.05) is 12.2 Å². The number of carbonyl (C=O) groups is 1. The molecular weight excluding hydrogens is 176 g/mol. The van der Waals surface area contributed by atoms with E-state index in [0.717, 1.165) is 18.7 Å². The first-order valence-corrected chi connectivity index (χ1v) is 4.98. The predicted octanol–water partition coefficient (Wildman–Crippen LogP) is 0.764. The number of para-hydroxylation sites is 1. The van der Waals surface area contributed by atoms with Crippen molar-refractivity contribution < 1.29 is 4.79 Å². The van der Waals surface area contributed by atoms with E-state index < -0.39 is 0 Å². The second-order valence-electron chi connectivity index (χ2n) is 3.89. The quantitative estimate of drug-likeness (QED) is 0.705. The van der Waals surface area contributed by atoms with E-state index in [1.165, 1.54) is 0 Å². The molecule has 14 heavy (non-hydrogen) atoms. The van der Waals surface area contributed by atoms with Crippen LogP contribution in [0.25, 0.3) is 0 Å². The number of nitrogens with zero attached hydrogens (tertiary/aromatic N) is 1. The number of carbonyl (C=O) groups excluding carboxylic acids is 1. The fourth-order valence-corrected chi connectivity index (χ4v) is 2.38. The van der Waals surface area contributed by atoms with Gasteiger partial charge in [-0.1, -0.05) is 18.2 Å². The van der Waals surface area contributed by atoms with Crippen molar-refractivity contribution >= 4 is 11.6 Å². The van der Waals surface area contributed by atoms with Crippen molar-refractivity contribution in [3.63, 3.8) is 0 Å². The Morgan fingerprint density at radius 3 is 2.71 bits per heavy atom. The van der Waals surface area contributed by atoms with Gasteiger partial charge in [-0.15, -0.1) is 0 Å². The van der Waals surface area contributed by atoms with Gasteiger partial charge >= 0.3 is 0 Å². The number of nitrogens with one attached hydrogen (secondary N) is 1. The van der Waals surface area contributed by atoms with Crippen LogP contribution in [-0.2, 0) is 4.79 Å². The van der Waals surface area contributed by atoms with E-state index in [1.54, 1.807) is 0 Å². The molecule has 3 rings (SSSR count). The summed E-state index contributed by atoms with van der Waals surface area (Å²) in [4.78, 5) is 13.8. The molecule has 2 bridgehead atoms. The van der Waals surface area contributed by atoms with Crippen molar-refractivity contribution in [2.75, 3.05) is 11.4 Å². The monoisotopic (exact) mass is 188 g/mol. The smallest absolute Gasteiger partial charge is 0.244 e. The minimum absolute atomic E-state index is 0.0696. The standard InChI is InChI=1S/C11H12N2O/c14-11-10-6-9(7-12-10)13(11)8-4-2-1-3-5-8/h1-5,9-10,12H,6-7H2. The zero-order valence-corrected chi connectivity index (χ0v) is 7.81. The Balaban J connectivity index is 1.97. The minimum Gasteiger partial charge on any atom is -0.307 e. The number of piperazine rings is 1. The minimum atomic E-state index is 0.0696. The van der Waals surface area contributed by atoms with Crippen LogP contribution in [-0.4, -0.2) is 24.5 Å². The molecule has 3 nitrogen and oxygen atoms in total. The molecule has 2 unspecified atom stereocenters. The molecule has 3 heteroatoms. The van der Waals surface area contributed by atoms with E-state index in [1.807, 2.05) is 35.2 Å². The van der Waals surface area contributed by atoms with Gasteiger partial charge in [0.25, 0.3) is 0 Å². The number of hydrogen-bond donors (Lipinski definition) is 1. The lowest BCUT2D eigenvalue weighted by molar-refractivity contribution is -0.119. The largest absolute Gasteiger partial charge is 0.307 e. The molecule has 2 fully saturated rings. The summed E-state index contributed by atoms with van der Waals surface area (Å²) in [7, 11) is 0. The van der Waals surface area contributed by atoms with E-state index in [2.05, 4.69) is 5.32 Å². The molecule has 2 atom stereocenters. The predicted molar refractivity (Wildman–Crippen MR) is 54.1 cm³/mol. The van der Waals surface area contributed by atoms with E-state index >= 15 is 0 Å². The number of fused-ring (bicyclic) bond motifs is 2. The lowest BCUT2D eigenvalue weighted by Gasteiger charge is -2.27. The lowest BCUT2D eigenvalue weighted by Crippen LogP contribution is -2.48. The van der Waals surface area contributed by atoms with Gasteiger partial charge < -0.3 is 10.2 Å². The number of rotatable bonds is 1. The van der Waals surface area contributed by atoms with E-state index in [4.69, 9.17) is 0 Å². The molecule has 1 amide bonds. The van der Waals surface area contributed by atoms with Crippen LogP contribution < -0.4 is 10.2 Å². The van der Waals surface area contributed by atoms with Crippen molar-refractivity contribution in [1.82, 2.24) is 5.32 Å². The third-order valence-electron chi connectivity index (χ3n) is 3.04. The van der Waals surface area contributed by atoms with Gasteiger partial charge in [0.15, 0.2) is 0 Å². The maximum Gasteiger partial charge on any atom is 0.244 e. The van der Waals surface area contributed by atoms with Gasteiger partial charge in [-0.3, -0.25) is 4.79 Å². The molecule has 1 aromatic rings. The fraction of sp³-hybridized carbons (Fsp3) is 0.364. The van der Waals surface area contributed by atoms with Crippen molar-refractivity contribution in [2.24, 2.45) is 0 Å². The summed E-state index contributed by atoms with van der Waals surface area (Å²) in [6, 6.07) is 10.4. The molecule has 0 spiro atoms. The normalized spacial score (nSPS) is 30.0. The molecule has 2 aliphatic heterocycles. The van der Waals surface area contributed by atoms with Crippen LogP contribution in [0.3, 0.4) is 0 Å². The number of hydrogen-bond acceptors (Lipinski definition) is 2. The van der Waals surface area contributed by atoms with Crippen LogP contribution in [0.4, 0.5) is 5.69 Å². The molecule has 0 aromatic heterocycles. The molecule has 1 N–H and O–H groups in total. The highest BCUT2D eigenvalue weighted by molar-refractivity contribution is 6.01. The summed E-state index contributed by atoms with van der Waals surface area (Å²) in [6.07, 6.45) is 0.966. The molecular formula is C11H12N2O. The third-order valence-corrected chi connectivity index (χ3v) is 3.04. The maximum atomic E-state index is 11.8. The Kier molecular flexibility index (Phi) is 1.61. The second kappa shape index (κ2) is 2.82. The Bertz CT molecular complexity index is 363. The summed E-state index contributed by atoms with van der Waals surface area (Å²) in [5, 5.41) is 3.21. The lowest BCUT2D eigenvalue weighted by atomic mass is 10.2. The van der Waals surface area contributed by atoms with Gasteiger partial charge in [0.2, 0.25) is 5.91 Å². The van der Waals surface area contributed by atoms with Crippen LogP contribution >= 0.6 is 0 Å².